The van der Waals surface area contributed by atoms with Gasteiger partial charge in [-0.3, -0.25) is 0 Å². The summed E-state index contributed by atoms with van der Waals surface area (Å²) in [5, 5.41) is 3.37. The zero-order chi connectivity index (χ0) is 17.9. The first-order valence-corrected chi connectivity index (χ1v) is 9.74. The number of aromatic nitrogens is 2. The molecule has 1 aromatic heterocycles. The van der Waals surface area contributed by atoms with Crippen LogP contribution >= 0.6 is 0 Å². The Kier molecular flexibility index (Phi) is 5.10. The molecule has 1 amide bonds. The molecule has 0 bridgehead atoms. The van der Waals surface area contributed by atoms with Gasteiger partial charge in [0.25, 0.3) is 0 Å². The molecule has 1 aromatic rings. The molecule has 2 aliphatic heterocycles. The zero-order valence-electron chi connectivity index (χ0n) is 15.2. The predicted octanol–water partition coefficient (Wildman–Crippen LogP) is 1.54. The molecule has 3 aliphatic rings. The number of nitrogens with two attached hydrogens (primary N) is 1. The van der Waals surface area contributed by atoms with Gasteiger partial charge in [0.1, 0.15) is 5.82 Å². The Morgan fingerprint density at radius 2 is 2.00 bits per heavy atom. The van der Waals surface area contributed by atoms with Crippen LogP contribution in [-0.4, -0.2) is 66.3 Å². The lowest BCUT2D eigenvalue weighted by atomic mass is 9.78. The first-order valence-electron chi connectivity index (χ1n) is 9.74. The molecule has 8 heteroatoms. The molecule has 0 spiro atoms. The molecule has 2 saturated heterocycles. The molecule has 0 unspecified atom stereocenters. The van der Waals surface area contributed by atoms with Crippen LogP contribution in [0.2, 0.25) is 0 Å². The van der Waals surface area contributed by atoms with E-state index in [1.807, 2.05) is 6.07 Å². The van der Waals surface area contributed by atoms with Gasteiger partial charge in [0, 0.05) is 50.7 Å². The molecule has 142 valence electrons. The van der Waals surface area contributed by atoms with Gasteiger partial charge in [-0.25, -0.2) is 9.78 Å². The molecule has 0 atom stereocenters. The largest absolute Gasteiger partial charge is 0.449 e. The van der Waals surface area contributed by atoms with E-state index in [2.05, 4.69) is 10.2 Å². The molecule has 4 rings (SSSR count). The van der Waals surface area contributed by atoms with Crippen molar-refractivity contribution >= 4 is 17.9 Å². The van der Waals surface area contributed by atoms with Crippen molar-refractivity contribution in [2.24, 2.45) is 5.73 Å². The average molecular weight is 360 g/mol. The third kappa shape index (κ3) is 3.85. The van der Waals surface area contributed by atoms with E-state index in [-0.39, 0.29) is 6.09 Å². The maximum atomic E-state index is 11.7. The van der Waals surface area contributed by atoms with E-state index < -0.39 is 0 Å². The summed E-state index contributed by atoms with van der Waals surface area (Å²) in [4.78, 5) is 25.2. The lowest BCUT2D eigenvalue weighted by molar-refractivity contribution is 0.0746. The molecule has 3 heterocycles. The van der Waals surface area contributed by atoms with Crippen LogP contribution in [0.1, 0.15) is 43.7 Å². The Hall–Kier alpha value is -2.09. The Bertz CT molecular complexity index is 643. The van der Waals surface area contributed by atoms with Gasteiger partial charge in [0.15, 0.2) is 0 Å². The van der Waals surface area contributed by atoms with E-state index in [1.165, 1.54) is 12.8 Å². The van der Waals surface area contributed by atoms with Gasteiger partial charge in [-0.1, -0.05) is 0 Å². The van der Waals surface area contributed by atoms with E-state index in [1.54, 1.807) is 4.90 Å². The van der Waals surface area contributed by atoms with E-state index >= 15 is 0 Å². The second-order valence-corrected chi connectivity index (χ2v) is 7.48. The first kappa shape index (κ1) is 17.3. The number of carbonyl (C=O) groups excluding carboxylic acids is 1. The predicted molar refractivity (Wildman–Crippen MR) is 99.5 cm³/mol. The SMILES string of the molecule is NC1CC(c2cc(NCCN3CCCOC3=O)nc(N3CCCC3)n2)C1. The number of rotatable bonds is 6. The van der Waals surface area contributed by atoms with Gasteiger partial charge in [0.2, 0.25) is 5.95 Å². The topological polar surface area (TPSA) is 96.6 Å². The lowest BCUT2D eigenvalue weighted by Crippen LogP contribution is -2.40. The summed E-state index contributed by atoms with van der Waals surface area (Å²) in [6, 6.07) is 2.34. The lowest BCUT2D eigenvalue weighted by Gasteiger charge is -2.32. The molecular formula is C18H28N6O2. The minimum Gasteiger partial charge on any atom is -0.449 e. The zero-order valence-corrected chi connectivity index (χ0v) is 15.2. The number of carbonyl (C=O) groups is 1. The van der Waals surface area contributed by atoms with Crippen molar-refractivity contribution in [3.63, 3.8) is 0 Å². The van der Waals surface area contributed by atoms with E-state index in [9.17, 15) is 4.79 Å². The summed E-state index contributed by atoms with van der Waals surface area (Å²) in [5.74, 6) is 2.09. The maximum absolute atomic E-state index is 11.7. The second-order valence-electron chi connectivity index (χ2n) is 7.48. The fourth-order valence-corrected chi connectivity index (χ4v) is 3.83. The fraction of sp³-hybridized carbons (Fsp3) is 0.722. The fourth-order valence-electron chi connectivity index (χ4n) is 3.83. The van der Waals surface area contributed by atoms with Crippen LogP contribution in [0.4, 0.5) is 16.6 Å². The Labute approximate surface area is 154 Å². The van der Waals surface area contributed by atoms with Gasteiger partial charge < -0.3 is 25.6 Å². The highest BCUT2D eigenvalue weighted by Crippen LogP contribution is 2.36. The third-order valence-electron chi connectivity index (χ3n) is 5.46. The Balaban J connectivity index is 1.42. The van der Waals surface area contributed by atoms with E-state index in [0.717, 1.165) is 56.4 Å². The van der Waals surface area contributed by atoms with Gasteiger partial charge in [0.05, 0.1) is 12.3 Å². The molecule has 0 radical (unpaired) electrons. The van der Waals surface area contributed by atoms with Crippen molar-refractivity contribution < 1.29 is 9.53 Å². The van der Waals surface area contributed by atoms with Crippen LogP contribution in [-0.2, 0) is 4.74 Å². The molecule has 8 nitrogen and oxygen atoms in total. The van der Waals surface area contributed by atoms with Gasteiger partial charge in [-0.2, -0.15) is 4.98 Å². The summed E-state index contributed by atoms with van der Waals surface area (Å²) < 4.78 is 5.08. The van der Waals surface area contributed by atoms with Crippen molar-refractivity contribution in [1.82, 2.24) is 14.9 Å². The monoisotopic (exact) mass is 360 g/mol. The van der Waals surface area contributed by atoms with Crippen LogP contribution in [0.5, 0.6) is 0 Å². The number of nitrogens with zero attached hydrogens (tertiary/aromatic N) is 4. The van der Waals surface area contributed by atoms with E-state index in [0.29, 0.717) is 31.7 Å². The number of ether oxygens (including phenoxy) is 1. The minimum atomic E-state index is -0.220. The molecule has 0 aromatic carbocycles. The minimum absolute atomic E-state index is 0.220. The van der Waals surface area contributed by atoms with Gasteiger partial charge in [-0.05, 0) is 32.1 Å². The summed E-state index contributed by atoms with van der Waals surface area (Å²) >= 11 is 0. The average Bonchev–Trinajstić information content (AvgIpc) is 3.15. The van der Waals surface area contributed by atoms with Crippen LogP contribution < -0.4 is 16.0 Å². The van der Waals surface area contributed by atoms with Gasteiger partial charge in [-0.15, -0.1) is 0 Å². The molecular weight excluding hydrogens is 332 g/mol. The maximum Gasteiger partial charge on any atom is 0.409 e. The van der Waals surface area contributed by atoms with Crippen molar-refractivity contribution in [2.45, 2.75) is 44.1 Å². The summed E-state index contributed by atoms with van der Waals surface area (Å²) in [6.07, 6.45) is 5.06. The van der Waals surface area contributed by atoms with E-state index in [4.69, 9.17) is 20.4 Å². The molecule has 1 aliphatic carbocycles. The van der Waals surface area contributed by atoms with Crippen molar-refractivity contribution in [2.75, 3.05) is 49.5 Å². The first-order chi connectivity index (χ1) is 12.7. The molecule has 3 N–H and O–H groups in total. The quantitative estimate of drug-likeness (QED) is 0.794. The molecule has 3 fully saturated rings. The number of hydrogen-bond acceptors (Lipinski definition) is 7. The van der Waals surface area contributed by atoms with Crippen LogP contribution in [0.15, 0.2) is 6.07 Å². The highest BCUT2D eigenvalue weighted by atomic mass is 16.6. The highest BCUT2D eigenvalue weighted by Gasteiger charge is 2.30. The summed E-state index contributed by atoms with van der Waals surface area (Å²) in [7, 11) is 0. The van der Waals surface area contributed by atoms with Crippen LogP contribution in [0.3, 0.4) is 0 Å². The Morgan fingerprint density at radius 1 is 1.19 bits per heavy atom. The van der Waals surface area contributed by atoms with Gasteiger partial charge >= 0.3 is 6.09 Å². The van der Waals surface area contributed by atoms with Crippen molar-refractivity contribution in [1.29, 1.82) is 0 Å². The second kappa shape index (κ2) is 7.65. The Morgan fingerprint density at radius 3 is 2.73 bits per heavy atom. The normalized spacial score (nSPS) is 25.8. The number of amides is 1. The van der Waals surface area contributed by atoms with Crippen LogP contribution in [0.25, 0.3) is 0 Å². The smallest absolute Gasteiger partial charge is 0.409 e. The molecule has 26 heavy (non-hydrogen) atoms. The number of cyclic esters (lactones) is 1. The number of hydrogen-bond donors (Lipinski definition) is 2. The van der Waals surface area contributed by atoms with Crippen molar-refractivity contribution in [3.05, 3.63) is 11.8 Å². The standard InChI is InChI=1S/C18H28N6O2/c19-14-10-13(11-14)15-12-16(22-17(21-15)23-5-1-2-6-23)20-4-8-24-7-3-9-26-18(24)25/h12-14H,1-11,19H2,(H,20,21,22). The highest BCUT2D eigenvalue weighted by molar-refractivity contribution is 5.68. The number of nitrogens with one attached hydrogen (secondary N) is 1. The molecule has 1 saturated carbocycles. The summed E-state index contributed by atoms with van der Waals surface area (Å²) in [6.45, 7) is 4.59. The third-order valence-corrected chi connectivity index (χ3v) is 5.46. The van der Waals surface area contributed by atoms with Crippen molar-refractivity contribution in [3.8, 4) is 0 Å². The number of anilines is 2. The summed E-state index contributed by atoms with van der Waals surface area (Å²) in [5.41, 5.74) is 7.05. The van der Waals surface area contributed by atoms with Crippen LogP contribution in [0, 0.1) is 0 Å².